The highest BCUT2D eigenvalue weighted by Gasteiger charge is 2.83. The lowest BCUT2D eigenvalue weighted by Crippen LogP contribution is -2.29. The highest BCUT2D eigenvalue weighted by atomic mass is 19.3. The van der Waals surface area contributed by atoms with Crippen LogP contribution in [0.5, 0.6) is 0 Å². The zero-order valence-electron chi connectivity index (χ0n) is 13.9. The summed E-state index contributed by atoms with van der Waals surface area (Å²) >= 11 is 0. The third kappa shape index (κ3) is 2.86. The Kier molecular flexibility index (Phi) is 5.48. The summed E-state index contributed by atoms with van der Waals surface area (Å²) in [5, 5.41) is 8.72. The molecule has 1 atom stereocenters. The molecule has 0 bridgehead atoms. The minimum Gasteiger partial charge on any atom is -0.460 e. The maximum Gasteiger partial charge on any atom is 0.310 e. The van der Waals surface area contributed by atoms with Crippen LogP contribution in [0, 0.1) is 40.0 Å². The maximum atomic E-state index is 13.8. The first-order valence-corrected chi connectivity index (χ1v) is 7.54. The van der Waals surface area contributed by atoms with Gasteiger partial charge in [-0.3, -0.25) is 4.79 Å². The molecule has 1 fully saturated rings. The Bertz CT molecular complexity index is 726. The van der Waals surface area contributed by atoms with Crippen LogP contribution in [0.25, 0.3) is 0 Å². The topological polar surface area (TPSA) is 46.5 Å². The van der Waals surface area contributed by atoms with E-state index in [0.29, 0.717) is 0 Å². The van der Waals surface area contributed by atoms with E-state index in [9.17, 15) is 39.9 Å². The fourth-order valence-electron chi connectivity index (χ4n) is 3.44. The second kappa shape index (κ2) is 6.92. The first-order valence-electron chi connectivity index (χ1n) is 7.54. The van der Waals surface area contributed by atoms with Gasteiger partial charge >= 0.3 is 5.97 Å². The molecule has 0 aliphatic heterocycles. The molecular formula is C16H14F8O3. The molecule has 0 aromatic heterocycles. The Morgan fingerprint density at radius 2 is 1.37 bits per heavy atom. The molecular weight excluding hydrogens is 392 g/mol. The highest BCUT2D eigenvalue weighted by Crippen LogP contribution is 2.74. The van der Waals surface area contributed by atoms with Gasteiger partial charge in [-0.2, -0.15) is 0 Å². The van der Waals surface area contributed by atoms with Crippen LogP contribution < -0.4 is 0 Å². The molecule has 0 amide bonds. The van der Waals surface area contributed by atoms with Gasteiger partial charge in [0.15, 0.2) is 23.3 Å². The van der Waals surface area contributed by atoms with E-state index >= 15 is 0 Å². The van der Waals surface area contributed by atoms with Crippen molar-refractivity contribution >= 4 is 5.97 Å². The number of alkyl halides is 4. The molecule has 11 heteroatoms. The summed E-state index contributed by atoms with van der Waals surface area (Å²) < 4.78 is 112. The number of carbonyl (C=O) groups excluding carboxylic acids is 1. The van der Waals surface area contributed by atoms with E-state index in [0.717, 1.165) is 13.8 Å². The Balaban J connectivity index is 2.28. The van der Waals surface area contributed by atoms with Crippen molar-refractivity contribution in [3.8, 4) is 0 Å². The van der Waals surface area contributed by atoms with Gasteiger partial charge in [-0.05, 0) is 5.41 Å². The number of aliphatic hydroxyl groups is 1. The third-order valence-electron chi connectivity index (χ3n) is 5.15. The molecule has 1 unspecified atom stereocenters. The lowest BCUT2D eigenvalue weighted by atomic mass is 9.97. The zero-order chi connectivity index (χ0) is 20.9. The molecule has 3 nitrogen and oxygen atoms in total. The summed E-state index contributed by atoms with van der Waals surface area (Å²) in [5.74, 6) is -11.4. The minimum atomic E-state index is -3.59. The quantitative estimate of drug-likeness (QED) is 0.442. The Morgan fingerprint density at radius 1 is 0.963 bits per heavy atom. The molecule has 1 aromatic rings. The molecule has 1 aromatic carbocycles. The number of halogens is 8. The van der Waals surface area contributed by atoms with Crippen molar-refractivity contribution in [2.24, 2.45) is 16.7 Å². The maximum absolute atomic E-state index is 13.8. The van der Waals surface area contributed by atoms with Crippen LogP contribution in [0.1, 0.15) is 25.0 Å². The molecule has 1 N–H and O–H groups in total. The van der Waals surface area contributed by atoms with Crippen LogP contribution in [0.15, 0.2) is 0 Å². The summed E-state index contributed by atoms with van der Waals surface area (Å²) in [5.41, 5.74) is -7.55. The smallest absolute Gasteiger partial charge is 0.310 e. The number of carbonyl (C=O) groups is 1. The predicted octanol–water partition coefficient (Wildman–Crippen LogP) is 3.95. The van der Waals surface area contributed by atoms with Crippen molar-refractivity contribution in [1.29, 1.82) is 0 Å². The van der Waals surface area contributed by atoms with E-state index in [1.165, 1.54) is 0 Å². The van der Waals surface area contributed by atoms with Crippen molar-refractivity contribution in [2.45, 2.75) is 39.9 Å². The molecule has 0 saturated heterocycles. The number of hydrogen-bond donors (Lipinski definition) is 1. The number of benzene rings is 1. The molecule has 2 rings (SSSR count). The largest absolute Gasteiger partial charge is 0.460 e. The second-order valence-corrected chi connectivity index (χ2v) is 6.67. The van der Waals surface area contributed by atoms with Crippen molar-refractivity contribution in [3.05, 3.63) is 34.4 Å². The lowest BCUT2D eigenvalue weighted by Gasteiger charge is -2.17. The van der Waals surface area contributed by atoms with Gasteiger partial charge in [0.2, 0.25) is 0 Å². The Hall–Kier alpha value is -1.91. The molecule has 1 saturated carbocycles. The average molecular weight is 406 g/mol. The summed E-state index contributed by atoms with van der Waals surface area (Å²) in [7, 11) is 0. The van der Waals surface area contributed by atoms with Gasteiger partial charge < -0.3 is 9.84 Å². The SMILES string of the molecule is CC1(C)C(C(=O)OCc2c(F)c(F)c(CO)c(F)c2F)C1(C(F)F)C(F)F. The van der Waals surface area contributed by atoms with E-state index in [4.69, 9.17) is 5.11 Å². The zero-order valence-corrected chi connectivity index (χ0v) is 13.9. The highest BCUT2D eigenvalue weighted by molar-refractivity contribution is 5.79. The van der Waals surface area contributed by atoms with Gasteiger partial charge in [-0.1, -0.05) is 13.8 Å². The molecule has 152 valence electrons. The van der Waals surface area contributed by atoms with Gasteiger partial charge in [0.25, 0.3) is 12.9 Å². The van der Waals surface area contributed by atoms with Crippen molar-refractivity contribution < 1.29 is 49.8 Å². The minimum absolute atomic E-state index is 0.980. The van der Waals surface area contributed by atoms with Crippen LogP contribution in [-0.2, 0) is 22.7 Å². The first-order chi connectivity index (χ1) is 12.4. The first kappa shape index (κ1) is 21.4. The molecule has 1 aliphatic carbocycles. The van der Waals surface area contributed by atoms with Crippen LogP contribution in [0.4, 0.5) is 35.1 Å². The van der Waals surface area contributed by atoms with Crippen molar-refractivity contribution in [2.75, 3.05) is 0 Å². The van der Waals surface area contributed by atoms with Gasteiger partial charge in [0, 0.05) is 0 Å². The normalized spacial score (nSPS) is 20.3. The Morgan fingerprint density at radius 3 is 1.70 bits per heavy atom. The summed E-state index contributed by atoms with van der Waals surface area (Å²) in [6, 6.07) is 0. The second-order valence-electron chi connectivity index (χ2n) is 6.67. The molecule has 0 spiro atoms. The van der Waals surface area contributed by atoms with Crippen molar-refractivity contribution in [3.63, 3.8) is 0 Å². The average Bonchev–Trinajstić information content (AvgIpc) is 3.11. The van der Waals surface area contributed by atoms with Gasteiger partial charge in [-0.15, -0.1) is 0 Å². The summed E-state index contributed by atoms with van der Waals surface area (Å²) in [6.45, 7) is -0.806. The fourth-order valence-corrected chi connectivity index (χ4v) is 3.44. The number of esters is 1. The summed E-state index contributed by atoms with van der Waals surface area (Å²) in [6.07, 6.45) is -7.17. The summed E-state index contributed by atoms with van der Waals surface area (Å²) in [4.78, 5) is 12.0. The number of rotatable bonds is 6. The molecule has 0 heterocycles. The van der Waals surface area contributed by atoms with E-state index in [1.54, 1.807) is 0 Å². The third-order valence-corrected chi connectivity index (χ3v) is 5.15. The molecule has 27 heavy (non-hydrogen) atoms. The number of ether oxygens (including phenoxy) is 1. The Labute approximate surface area is 147 Å². The monoisotopic (exact) mass is 406 g/mol. The lowest BCUT2D eigenvalue weighted by molar-refractivity contribution is -0.151. The standard InChI is InChI=1S/C16H14F8O3/c1-15(2)11(16(15,13(21)22)14(23)24)12(26)27-4-6-9(19)7(17)5(3-25)8(18)10(6)20/h11,13-14,25H,3-4H2,1-2H3. The van der Waals surface area contributed by atoms with Crippen LogP contribution >= 0.6 is 0 Å². The van der Waals surface area contributed by atoms with Crippen molar-refractivity contribution in [1.82, 2.24) is 0 Å². The van der Waals surface area contributed by atoms with E-state index in [2.05, 4.69) is 4.74 Å². The van der Waals surface area contributed by atoms with Crippen LogP contribution in [-0.4, -0.2) is 23.9 Å². The predicted molar refractivity (Wildman–Crippen MR) is 73.7 cm³/mol. The molecule has 1 aliphatic rings. The fraction of sp³-hybridized carbons (Fsp3) is 0.562. The van der Waals surface area contributed by atoms with Crippen LogP contribution in [0.2, 0.25) is 0 Å². The van der Waals surface area contributed by atoms with Gasteiger partial charge in [-0.25, -0.2) is 35.1 Å². The van der Waals surface area contributed by atoms with E-state index < -0.39 is 83.2 Å². The van der Waals surface area contributed by atoms with Crippen LogP contribution in [0.3, 0.4) is 0 Å². The van der Waals surface area contributed by atoms with Gasteiger partial charge in [0.1, 0.15) is 12.0 Å². The van der Waals surface area contributed by atoms with E-state index in [-0.39, 0.29) is 0 Å². The number of hydrogen-bond acceptors (Lipinski definition) is 3. The van der Waals surface area contributed by atoms with Gasteiger partial charge in [0.05, 0.1) is 23.7 Å². The van der Waals surface area contributed by atoms with E-state index in [1.807, 2.05) is 0 Å². The molecule has 0 radical (unpaired) electrons. The number of aliphatic hydroxyl groups excluding tert-OH is 1.